The molecule has 0 saturated heterocycles. The molecule has 0 radical (unpaired) electrons. The number of benzene rings is 2. The number of ether oxygens (including phenoxy) is 1. The van der Waals surface area contributed by atoms with E-state index < -0.39 is 0 Å². The number of hydrogen-bond donors (Lipinski definition) is 1. The Morgan fingerprint density at radius 3 is 2.48 bits per heavy atom. The third-order valence-corrected chi connectivity index (χ3v) is 3.18. The first-order valence-corrected chi connectivity index (χ1v) is 6.55. The fourth-order valence-electron chi connectivity index (χ4n) is 2.15. The Balaban J connectivity index is 2.39. The average Bonchev–Trinajstić information content (AvgIpc) is 2.55. The van der Waals surface area contributed by atoms with Crippen LogP contribution in [0.5, 0.6) is 5.75 Å². The maximum atomic E-state index is 9.24. The Labute approximate surface area is 124 Å². The van der Waals surface area contributed by atoms with Gasteiger partial charge in [-0.2, -0.15) is 10.5 Å². The van der Waals surface area contributed by atoms with Crippen LogP contribution in [-0.4, -0.2) is 7.11 Å². The normalized spacial score (nSPS) is 11.0. The van der Waals surface area contributed by atoms with Gasteiger partial charge in [-0.3, -0.25) is 0 Å². The van der Waals surface area contributed by atoms with E-state index in [1.807, 2.05) is 30.3 Å². The summed E-state index contributed by atoms with van der Waals surface area (Å²) in [5, 5.41) is 21.5. The minimum absolute atomic E-state index is 0.195. The van der Waals surface area contributed by atoms with Crippen molar-refractivity contribution in [2.45, 2.75) is 12.5 Å². The number of para-hydroxylation sites is 1. The maximum Gasteiger partial charge on any atom is 0.143 e. The van der Waals surface area contributed by atoms with Crippen LogP contribution in [0, 0.1) is 22.7 Å². The average molecular weight is 277 g/mol. The quantitative estimate of drug-likeness (QED) is 0.906. The molecule has 0 spiro atoms. The Kier molecular flexibility index (Phi) is 4.79. The Morgan fingerprint density at radius 2 is 1.86 bits per heavy atom. The van der Waals surface area contributed by atoms with Gasteiger partial charge in [0.25, 0.3) is 0 Å². The minimum atomic E-state index is -0.195. The van der Waals surface area contributed by atoms with Gasteiger partial charge in [0.15, 0.2) is 0 Å². The third-order valence-electron chi connectivity index (χ3n) is 3.18. The first kappa shape index (κ1) is 14.4. The molecule has 1 N–H and O–H groups in total. The molecular formula is C17H15N3O. The van der Waals surface area contributed by atoms with Gasteiger partial charge >= 0.3 is 0 Å². The molecule has 1 atom stereocenters. The zero-order chi connectivity index (χ0) is 15.1. The summed E-state index contributed by atoms with van der Waals surface area (Å²) in [4.78, 5) is 0. The number of hydrogen-bond acceptors (Lipinski definition) is 4. The molecule has 21 heavy (non-hydrogen) atoms. The van der Waals surface area contributed by atoms with Crippen LogP contribution in [-0.2, 0) is 0 Å². The molecular weight excluding hydrogens is 262 g/mol. The zero-order valence-electron chi connectivity index (χ0n) is 11.7. The molecule has 0 aliphatic heterocycles. The van der Waals surface area contributed by atoms with Crippen molar-refractivity contribution in [2.75, 3.05) is 12.4 Å². The second-order valence-corrected chi connectivity index (χ2v) is 4.46. The fourth-order valence-corrected chi connectivity index (χ4v) is 2.15. The molecule has 0 fully saturated rings. The molecule has 2 aromatic rings. The lowest BCUT2D eigenvalue weighted by Gasteiger charge is -2.20. The molecule has 0 aliphatic rings. The summed E-state index contributed by atoms with van der Waals surface area (Å²) >= 11 is 0. The van der Waals surface area contributed by atoms with Gasteiger partial charge in [0, 0.05) is 0 Å². The van der Waals surface area contributed by atoms with Crippen LogP contribution in [0.25, 0.3) is 0 Å². The number of methoxy groups -OCH3 is 1. The van der Waals surface area contributed by atoms with Crippen molar-refractivity contribution >= 4 is 5.69 Å². The van der Waals surface area contributed by atoms with Gasteiger partial charge in [-0.05, 0) is 17.7 Å². The van der Waals surface area contributed by atoms with Crippen LogP contribution in [0.3, 0.4) is 0 Å². The van der Waals surface area contributed by atoms with E-state index in [1.54, 1.807) is 25.3 Å². The van der Waals surface area contributed by atoms with Gasteiger partial charge in [-0.15, -0.1) is 0 Å². The number of nitrogens with one attached hydrogen (secondary N) is 1. The Morgan fingerprint density at radius 1 is 1.10 bits per heavy atom. The van der Waals surface area contributed by atoms with Crippen molar-refractivity contribution in [3.63, 3.8) is 0 Å². The van der Waals surface area contributed by atoms with E-state index in [2.05, 4.69) is 17.5 Å². The summed E-state index contributed by atoms with van der Waals surface area (Å²) in [5.41, 5.74) is 2.11. The van der Waals surface area contributed by atoms with Crippen molar-refractivity contribution in [3.05, 3.63) is 59.7 Å². The van der Waals surface area contributed by atoms with Gasteiger partial charge in [0.1, 0.15) is 11.8 Å². The van der Waals surface area contributed by atoms with Gasteiger partial charge in [0.2, 0.25) is 0 Å². The van der Waals surface area contributed by atoms with Crippen LogP contribution >= 0.6 is 0 Å². The highest BCUT2D eigenvalue weighted by Crippen LogP contribution is 2.32. The first-order chi connectivity index (χ1) is 10.3. The molecule has 1 unspecified atom stereocenters. The van der Waals surface area contributed by atoms with Crippen LogP contribution in [0.4, 0.5) is 5.69 Å². The fraction of sp³-hybridized carbons (Fsp3) is 0.176. The van der Waals surface area contributed by atoms with Crippen molar-refractivity contribution in [1.29, 1.82) is 10.5 Å². The predicted octanol–water partition coefficient (Wildman–Crippen LogP) is 3.63. The summed E-state index contributed by atoms with van der Waals surface area (Å²) in [7, 11) is 1.56. The number of nitrogens with zero attached hydrogens (tertiary/aromatic N) is 2. The van der Waals surface area contributed by atoms with Crippen LogP contribution < -0.4 is 10.1 Å². The van der Waals surface area contributed by atoms with Crippen LogP contribution in [0.1, 0.15) is 23.6 Å². The molecule has 0 amide bonds. The SMILES string of the molecule is COc1cccc(C#N)c1NC(CC#N)c1ccccc1. The summed E-state index contributed by atoms with van der Waals surface area (Å²) < 4.78 is 5.31. The van der Waals surface area contributed by atoms with E-state index in [0.29, 0.717) is 23.4 Å². The van der Waals surface area contributed by atoms with E-state index in [4.69, 9.17) is 10.00 Å². The molecule has 0 aliphatic carbocycles. The van der Waals surface area contributed by atoms with Crippen molar-refractivity contribution in [2.24, 2.45) is 0 Å². The lowest BCUT2D eigenvalue weighted by Crippen LogP contribution is -2.12. The smallest absolute Gasteiger partial charge is 0.143 e. The lowest BCUT2D eigenvalue weighted by atomic mass is 10.0. The Bertz CT molecular complexity index is 683. The second kappa shape index (κ2) is 6.98. The van der Waals surface area contributed by atoms with E-state index in [1.165, 1.54) is 0 Å². The van der Waals surface area contributed by atoms with Gasteiger partial charge < -0.3 is 10.1 Å². The topological polar surface area (TPSA) is 68.8 Å². The Hall–Kier alpha value is -2.98. The number of anilines is 1. The highest BCUT2D eigenvalue weighted by atomic mass is 16.5. The van der Waals surface area contributed by atoms with Gasteiger partial charge in [0.05, 0.1) is 36.9 Å². The summed E-state index contributed by atoms with van der Waals surface area (Å²) in [5.74, 6) is 0.591. The summed E-state index contributed by atoms with van der Waals surface area (Å²) in [6.07, 6.45) is 0.299. The maximum absolute atomic E-state index is 9.24. The van der Waals surface area contributed by atoms with E-state index in [9.17, 15) is 5.26 Å². The van der Waals surface area contributed by atoms with Crippen molar-refractivity contribution in [1.82, 2.24) is 0 Å². The highest BCUT2D eigenvalue weighted by molar-refractivity contribution is 5.67. The second-order valence-electron chi connectivity index (χ2n) is 4.46. The van der Waals surface area contributed by atoms with Gasteiger partial charge in [-0.25, -0.2) is 0 Å². The van der Waals surface area contributed by atoms with E-state index >= 15 is 0 Å². The largest absolute Gasteiger partial charge is 0.495 e. The lowest BCUT2D eigenvalue weighted by molar-refractivity contribution is 0.416. The predicted molar refractivity (Wildman–Crippen MR) is 80.7 cm³/mol. The standard InChI is InChI=1S/C17H15N3O/c1-21-16-9-5-8-14(12-19)17(16)20-15(10-11-18)13-6-3-2-4-7-13/h2-9,15,20H,10H2,1H3. The first-order valence-electron chi connectivity index (χ1n) is 6.55. The molecule has 4 heteroatoms. The molecule has 2 aromatic carbocycles. The molecule has 0 bridgehead atoms. The summed E-state index contributed by atoms with van der Waals surface area (Å²) in [6, 6.07) is 19.1. The number of nitriles is 2. The van der Waals surface area contributed by atoms with Gasteiger partial charge in [-0.1, -0.05) is 36.4 Å². The highest BCUT2D eigenvalue weighted by Gasteiger charge is 2.16. The molecule has 4 nitrogen and oxygen atoms in total. The van der Waals surface area contributed by atoms with E-state index in [0.717, 1.165) is 5.56 Å². The third kappa shape index (κ3) is 3.32. The molecule has 104 valence electrons. The molecule has 0 heterocycles. The molecule has 0 saturated carbocycles. The van der Waals surface area contributed by atoms with Crippen molar-refractivity contribution in [3.8, 4) is 17.9 Å². The number of rotatable bonds is 5. The van der Waals surface area contributed by atoms with Crippen LogP contribution in [0.15, 0.2) is 48.5 Å². The zero-order valence-corrected chi connectivity index (χ0v) is 11.7. The summed E-state index contributed by atoms with van der Waals surface area (Å²) in [6.45, 7) is 0. The van der Waals surface area contributed by atoms with E-state index in [-0.39, 0.29) is 6.04 Å². The monoisotopic (exact) mass is 277 g/mol. The molecule has 2 rings (SSSR count). The minimum Gasteiger partial charge on any atom is -0.495 e. The van der Waals surface area contributed by atoms with Crippen molar-refractivity contribution < 1.29 is 4.74 Å². The van der Waals surface area contributed by atoms with Crippen LogP contribution in [0.2, 0.25) is 0 Å². The molecule has 0 aromatic heterocycles.